The normalized spacial score (nSPS) is 10.4. The molecule has 0 aliphatic carbocycles. The van der Waals surface area contributed by atoms with Crippen LogP contribution in [0.1, 0.15) is 17.4 Å². The molecule has 2 heterocycles. The maximum absolute atomic E-state index is 12.0. The molecule has 1 N–H and O–H groups in total. The van der Waals surface area contributed by atoms with Crippen LogP contribution >= 0.6 is 0 Å². The second kappa shape index (κ2) is 8.38. The van der Waals surface area contributed by atoms with Crippen molar-refractivity contribution >= 4 is 17.6 Å². The first-order chi connectivity index (χ1) is 13.5. The van der Waals surface area contributed by atoms with Gasteiger partial charge in [-0.3, -0.25) is 4.68 Å². The highest BCUT2D eigenvalue weighted by atomic mass is 16.5. The minimum Gasteiger partial charge on any atom is -0.493 e. The van der Waals surface area contributed by atoms with Gasteiger partial charge in [-0.15, -0.1) is 0 Å². The highest BCUT2D eigenvalue weighted by Crippen LogP contribution is 2.30. The lowest BCUT2D eigenvalue weighted by Gasteiger charge is -2.10. The van der Waals surface area contributed by atoms with Gasteiger partial charge < -0.3 is 19.5 Å². The van der Waals surface area contributed by atoms with Gasteiger partial charge in [-0.25, -0.2) is 14.8 Å². The van der Waals surface area contributed by atoms with Crippen molar-refractivity contribution in [1.82, 2.24) is 19.7 Å². The van der Waals surface area contributed by atoms with Crippen LogP contribution in [0.2, 0.25) is 0 Å². The summed E-state index contributed by atoms with van der Waals surface area (Å²) in [4.78, 5) is 20.7. The summed E-state index contributed by atoms with van der Waals surface area (Å²) >= 11 is 0. The molecule has 0 atom stereocenters. The monoisotopic (exact) mass is 383 g/mol. The van der Waals surface area contributed by atoms with Crippen LogP contribution in [0, 0.1) is 0 Å². The summed E-state index contributed by atoms with van der Waals surface area (Å²) in [5.74, 6) is 1.17. The van der Waals surface area contributed by atoms with Crippen LogP contribution in [0.25, 0.3) is 11.4 Å². The van der Waals surface area contributed by atoms with Crippen LogP contribution in [0.15, 0.2) is 36.5 Å². The van der Waals surface area contributed by atoms with Gasteiger partial charge in [0, 0.05) is 31.1 Å². The smallest absolute Gasteiger partial charge is 0.356 e. The number of hydrogen-bond donors (Lipinski definition) is 1. The standard InChI is InChI=1S/C19H21N5O4/c1-5-28-18(25)15-11-14(23-24(15)2)13-8-9-20-19(22-13)21-12-6-7-16(26-3)17(10-12)27-4/h6-11H,5H2,1-4H3,(H,20,21,22). The molecule has 28 heavy (non-hydrogen) atoms. The Morgan fingerprint density at radius 2 is 1.89 bits per heavy atom. The number of aryl methyl sites for hydroxylation is 1. The van der Waals surface area contributed by atoms with Gasteiger partial charge in [-0.1, -0.05) is 0 Å². The summed E-state index contributed by atoms with van der Waals surface area (Å²) in [5, 5.41) is 7.46. The maximum atomic E-state index is 12.0. The Bertz CT molecular complexity index is 986. The van der Waals surface area contributed by atoms with Gasteiger partial charge in [0.2, 0.25) is 5.95 Å². The predicted octanol–water partition coefficient (Wildman–Crippen LogP) is 2.81. The lowest BCUT2D eigenvalue weighted by Crippen LogP contribution is -2.10. The Morgan fingerprint density at radius 3 is 2.61 bits per heavy atom. The number of benzene rings is 1. The minimum absolute atomic E-state index is 0.298. The third-order valence-corrected chi connectivity index (χ3v) is 3.92. The number of hydrogen-bond acceptors (Lipinski definition) is 8. The molecule has 0 amide bonds. The zero-order valence-corrected chi connectivity index (χ0v) is 16.1. The van der Waals surface area contributed by atoms with Gasteiger partial charge in [-0.05, 0) is 25.1 Å². The largest absolute Gasteiger partial charge is 0.493 e. The van der Waals surface area contributed by atoms with Crippen LogP contribution in [0.4, 0.5) is 11.6 Å². The van der Waals surface area contributed by atoms with E-state index >= 15 is 0 Å². The summed E-state index contributed by atoms with van der Waals surface area (Å²) in [6.45, 7) is 2.05. The molecule has 0 bridgehead atoms. The molecule has 0 aliphatic heterocycles. The summed E-state index contributed by atoms with van der Waals surface area (Å²) in [7, 11) is 4.83. The average molecular weight is 383 g/mol. The topological polar surface area (TPSA) is 100 Å². The Balaban J connectivity index is 1.85. The molecule has 3 rings (SSSR count). The SMILES string of the molecule is CCOC(=O)c1cc(-c2ccnc(Nc3ccc(OC)c(OC)c3)n2)nn1C. The van der Waals surface area contributed by atoms with Crippen molar-refractivity contribution in [2.45, 2.75) is 6.92 Å². The Morgan fingerprint density at radius 1 is 1.11 bits per heavy atom. The molecule has 0 spiro atoms. The third-order valence-electron chi connectivity index (χ3n) is 3.92. The van der Waals surface area contributed by atoms with E-state index in [2.05, 4.69) is 20.4 Å². The molecular formula is C19H21N5O4. The van der Waals surface area contributed by atoms with Crippen molar-refractivity contribution in [2.24, 2.45) is 7.05 Å². The Kier molecular flexibility index (Phi) is 5.73. The molecule has 9 nitrogen and oxygen atoms in total. The first kappa shape index (κ1) is 19.2. The maximum Gasteiger partial charge on any atom is 0.356 e. The molecule has 0 fully saturated rings. The average Bonchev–Trinajstić information content (AvgIpc) is 3.10. The van der Waals surface area contributed by atoms with Crippen molar-refractivity contribution in [3.8, 4) is 22.9 Å². The molecule has 146 valence electrons. The van der Waals surface area contributed by atoms with E-state index in [1.54, 1.807) is 58.7 Å². The predicted molar refractivity (Wildman–Crippen MR) is 103 cm³/mol. The highest BCUT2D eigenvalue weighted by molar-refractivity contribution is 5.88. The summed E-state index contributed by atoms with van der Waals surface area (Å²) in [6, 6.07) is 8.76. The highest BCUT2D eigenvalue weighted by Gasteiger charge is 2.16. The molecule has 0 unspecified atom stereocenters. The minimum atomic E-state index is -0.429. The van der Waals surface area contributed by atoms with Crippen molar-refractivity contribution in [3.63, 3.8) is 0 Å². The fourth-order valence-corrected chi connectivity index (χ4v) is 2.59. The van der Waals surface area contributed by atoms with Gasteiger partial charge in [0.25, 0.3) is 0 Å². The second-order valence-corrected chi connectivity index (χ2v) is 5.72. The third kappa shape index (κ3) is 4.03. The first-order valence-corrected chi connectivity index (χ1v) is 8.59. The second-order valence-electron chi connectivity index (χ2n) is 5.72. The molecule has 0 radical (unpaired) electrons. The van der Waals surface area contributed by atoms with Crippen molar-refractivity contribution in [2.75, 3.05) is 26.1 Å². The molecule has 0 saturated carbocycles. The van der Waals surface area contributed by atoms with Gasteiger partial charge in [0.05, 0.1) is 26.5 Å². The molecule has 3 aromatic rings. The van der Waals surface area contributed by atoms with Crippen LogP contribution < -0.4 is 14.8 Å². The van der Waals surface area contributed by atoms with Crippen LogP contribution in [0.5, 0.6) is 11.5 Å². The van der Waals surface area contributed by atoms with E-state index in [1.165, 1.54) is 4.68 Å². The number of rotatable bonds is 7. The number of esters is 1. The lowest BCUT2D eigenvalue weighted by atomic mass is 10.2. The number of carbonyl (C=O) groups excluding carboxylic acids is 1. The van der Waals surface area contributed by atoms with Crippen molar-refractivity contribution in [3.05, 3.63) is 42.2 Å². The molecule has 2 aromatic heterocycles. The summed E-state index contributed by atoms with van der Waals surface area (Å²) < 4.78 is 17.0. The van der Waals surface area contributed by atoms with Gasteiger partial charge in [-0.2, -0.15) is 5.10 Å². The number of anilines is 2. The first-order valence-electron chi connectivity index (χ1n) is 8.59. The van der Waals surface area contributed by atoms with E-state index in [4.69, 9.17) is 14.2 Å². The molecule has 1 aromatic carbocycles. The number of ether oxygens (including phenoxy) is 3. The van der Waals surface area contributed by atoms with E-state index in [9.17, 15) is 4.79 Å². The van der Waals surface area contributed by atoms with Gasteiger partial charge in [0.1, 0.15) is 11.4 Å². The van der Waals surface area contributed by atoms with E-state index in [1.807, 2.05) is 6.07 Å². The number of nitrogens with zero attached hydrogens (tertiary/aromatic N) is 4. The molecule has 9 heteroatoms. The Hall–Kier alpha value is -3.62. The Labute approximate surface area is 162 Å². The lowest BCUT2D eigenvalue weighted by molar-refractivity contribution is 0.0513. The number of methoxy groups -OCH3 is 2. The zero-order valence-electron chi connectivity index (χ0n) is 16.1. The fraction of sp³-hybridized carbons (Fsp3) is 0.263. The molecule has 0 aliphatic rings. The van der Waals surface area contributed by atoms with Gasteiger partial charge >= 0.3 is 5.97 Å². The number of aromatic nitrogens is 4. The summed E-state index contributed by atoms with van der Waals surface area (Å²) in [6.07, 6.45) is 1.62. The van der Waals surface area contributed by atoms with E-state index in [0.29, 0.717) is 41.1 Å². The fourth-order valence-electron chi connectivity index (χ4n) is 2.59. The number of carbonyl (C=O) groups is 1. The van der Waals surface area contributed by atoms with Crippen molar-refractivity contribution < 1.29 is 19.0 Å². The van der Waals surface area contributed by atoms with E-state index < -0.39 is 5.97 Å². The molecular weight excluding hydrogens is 362 g/mol. The molecule has 0 saturated heterocycles. The van der Waals surface area contributed by atoms with Crippen LogP contribution in [0.3, 0.4) is 0 Å². The van der Waals surface area contributed by atoms with Crippen molar-refractivity contribution in [1.29, 1.82) is 0 Å². The van der Waals surface area contributed by atoms with Crippen LogP contribution in [-0.2, 0) is 11.8 Å². The van der Waals surface area contributed by atoms with E-state index in [0.717, 1.165) is 5.69 Å². The quantitative estimate of drug-likeness (QED) is 0.622. The zero-order chi connectivity index (χ0) is 20.1. The summed E-state index contributed by atoms with van der Waals surface area (Å²) in [5.41, 5.74) is 2.21. The van der Waals surface area contributed by atoms with Gasteiger partial charge in [0.15, 0.2) is 11.5 Å². The van der Waals surface area contributed by atoms with Crippen LogP contribution in [-0.4, -0.2) is 46.5 Å². The van der Waals surface area contributed by atoms with E-state index in [-0.39, 0.29) is 0 Å². The number of nitrogens with one attached hydrogen (secondary N) is 1.